The fourth-order valence-electron chi connectivity index (χ4n) is 2.55. The van der Waals surface area contributed by atoms with E-state index in [1.807, 2.05) is 0 Å². The smallest absolute Gasteiger partial charge is 0.234 e. The van der Waals surface area contributed by atoms with Gasteiger partial charge in [-0.25, -0.2) is 4.39 Å². The zero-order valence-corrected chi connectivity index (χ0v) is 14.3. The molecule has 0 radical (unpaired) electrons. The molecule has 0 aliphatic carbocycles. The maximum atomic E-state index is 13.6. The summed E-state index contributed by atoms with van der Waals surface area (Å²) in [5, 5.41) is 14.9. The summed E-state index contributed by atoms with van der Waals surface area (Å²) in [5.41, 5.74) is 0.414. The molecule has 0 unspecified atom stereocenters. The summed E-state index contributed by atoms with van der Waals surface area (Å²) < 4.78 is 18.9. The van der Waals surface area contributed by atoms with Crippen molar-refractivity contribution in [2.45, 2.75) is 12.3 Å². The predicted molar refractivity (Wildman–Crippen MR) is 94.3 cm³/mol. The number of para-hydroxylation sites is 1. The Balaban J connectivity index is 1.72. The van der Waals surface area contributed by atoms with E-state index in [4.69, 9.17) is 4.42 Å². The van der Waals surface area contributed by atoms with Crippen molar-refractivity contribution in [1.82, 2.24) is 5.32 Å². The van der Waals surface area contributed by atoms with E-state index < -0.39 is 17.6 Å². The van der Waals surface area contributed by atoms with E-state index in [1.165, 1.54) is 24.5 Å². The molecule has 2 amide bonds. The lowest BCUT2D eigenvalue weighted by molar-refractivity contribution is -0.121. The van der Waals surface area contributed by atoms with Gasteiger partial charge in [0.05, 0.1) is 40.3 Å². The first kappa shape index (κ1) is 17.8. The van der Waals surface area contributed by atoms with Crippen LogP contribution < -0.4 is 10.6 Å². The summed E-state index contributed by atoms with van der Waals surface area (Å²) >= 11 is 1.02. The zero-order valence-electron chi connectivity index (χ0n) is 13.5. The van der Waals surface area contributed by atoms with E-state index in [-0.39, 0.29) is 23.8 Å². The van der Waals surface area contributed by atoms with E-state index in [0.717, 1.165) is 11.8 Å². The van der Waals surface area contributed by atoms with Crippen molar-refractivity contribution in [3.05, 3.63) is 64.8 Å². The largest absolute Gasteiger partial charge is 0.469 e. The summed E-state index contributed by atoms with van der Waals surface area (Å²) in [5.74, 6) is -1.29. The van der Waals surface area contributed by atoms with Gasteiger partial charge in [0.25, 0.3) is 0 Å². The quantitative estimate of drug-likeness (QED) is 0.842. The number of carbonyl (C=O) groups is 2. The number of thioether (sulfide) groups is 1. The van der Waals surface area contributed by atoms with Crippen molar-refractivity contribution < 1.29 is 18.4 Å². The zero-order chi connectivity index (χ0) is 18.5. The maximum absolute atomic E-state index is 13.6. The second-order valence-electron chi connectivity index (χ2n) is 5.49. The van der Waals surface area contributed by atoms with Crippen LogP contribution in [0.1, 0.15) is 18.1 Å². The van der Waals surface area contributed by atoms with Crippen LogP contribution in [0.15, 0.2) is 57.7 Å². The van der Waals surface area contributed by atoms with Crippen LogP contribution in [0.2, 0.25) is 0 Å². The summed E-state index contributed by atoms with van der Waals surface area (Å²) in [4.78, 5) is 24.0. The molecule has 2 N–H and O–H groups in total. The van der Waals surface area contributed by atoms with Gasteiger partial charge in [0.15, 0.2) is 0 Å². The Morgan fingerprint density at radius 3 is 2.88 bits per heavy atom. The van der Waals surface area contributed by atoms with Crippen molar-refractivity contribution in [3.8, 4) is 6.07 Å². The normalized spacial score (nSPS) is 16.8. The van der Waals surface area contributed by atoms with E-state index in [0.29, 0.717) is 16.4 Å². The SMILES string of the molecule is N#CC1=C(SCC(=O)Nc2ccccc2F)NC(=O)C[C@H]1c1ccco1. The number of amides is 2. The third kappa shape index (κ3) is 3.95. The van der Waals surface area contributed by atoms with E-state index in [1.54, 1.807) is 18.2 Å². The lowest BCUT2D eigenvalue weighted by atomic mass is 9.92. The molecule has 6 nitrogen and oxygen atoms in total. The average molecular weight is 371 g/mol. The van der Waals surface area contributed by atoms with Crippen molar-refractivity contribution in [2.75, 3.05) is 11.1 Å². The molecular weight excluding hydrogens is 357 g/mol. The topological polar surface area (TPSA) is 95.1 Å². The number of anilines is 1. The van der Waals surface area contributed by atoms with Gasteiger partial charge in [-0.2, -0.15) is 5.26 Å². The Bertz CT molecular complexity index is 903. The van der Waals surface area contributed by atoms with Gasteiger partial charge in [-0.05, 0) is 24.3 Å². The molecule has 8 heteroatoms. The molecule has 0 spiro atoms. The van der Waals surface area contributed by atoms with Crippen LogP contribution in [0.3, 0.4) is 0 Å². The first-order valence-electron chi connectivity index (χ1n) is 7.73. The number of carbonyl (C=O) groups excluding carboxylic acids is 2. The second kappa shape index (κ2) is 7.89. The van der Waals surface area contributed by atoms with Crippen molar-refractivity contribution >= 4 is 29.3 Å². The summed E-state index contributed by atoms with van der Waals surface area (Å²) in [7, 11) is 0. The minimum Gasteiger partial charge on any atom is -0.469 e. The lowest BCUT2D eigenvalue weighted by Crippen LogP contribution is -2.31. The molecular formula is C18H14FN3O3S. The number of nitrogens with zero attached hydrogens (tertiary/aromatic N) is 1. The van der Waals surface area contributed by atoms with Crippen LogP contribution in [0.5, 0.6) is 0 Å². The molecule has 0 saturated heterocycles. The number of hydrogen-bond donors (Lipinski definition) is 2. The molecule has 1 aliphatic rings. The molecule has 1 aromatic heterocycles. The molecule has 2 aromatic rings. The third-order valence-corrected chi connectivity index (χ3v) is 4.76. The molecule has 0 fully saturated rings. The Morgan fingerprint density at radius 2 is 2.19 bits per heavy atom. The van der Waals surface area contributed by atoms with E-state index in [9.17, 15) is 19.2 Å². The van der Waals surface area contributed by atoms with Crippen LogP contribution >= 0.6 is 11.8 Å². The number of hydrogen-bond acceptors (Lipinski definition) is 5. The van der Waals surface area contributed by atoms with Crippen LogP contribution in [0, 0.1) is 17.1 Å². The second-order valence-corrected chi connectivity index (χ2v) is 6.48. The van der Waals surface area contributed by atoms with Crippen molar-refractivity contribution in [1.29, 1.82) is 5.26 Å². The first-order chi connectivity index (χ1) is 12.6. The van der Waals surface area contributed by atoms with Gasteiger partial charge in [-0.3, -0.25) is 9.59 Å². The standard InChI is InChI=1S/C18H14FN3O3S/c19-13-4-1-2-5-14(13)21-17(24)10-26-18-12(9-20)11(8-16(23)22-18)15-6-3-7-25-15/h1-7,11H,8,10H2,(H,21,24)(H,22,23)/t11-/m1/s1. The van der Waals surface area contributed by atoms with Crippen molar-refractivity contribution in [3.63, 3.8) is 0 Å². The molecule has 26 heavy (non-hydrogen) atoms. The van der Waals surface area contributed by atoms with Crippen LogP contribution in [0.25, 0.3) is 0 Å². The average Bonchev–Trinajstić information content (AvgIpc) is 3.16. The van der Waals surface area contributed by atoms with Gasteiger partial charge in [0.1, 0.15) is 11.6 Å². The molecule has 2 heterocycles. The van der Waals surface area contributed by atoms with Gasteiger partial charge >= 0.3 is 0 Å². The molecule has 1 aromatic carbocycles. The van der Waals surface area contributed by atoms with Crippen molar-refractivity contribution in [2.24, 2.45) is 0 Å². The summed E-state index contributed by atoms with van der Waals surface area (Å²) in [6.45, 7) is 0. The molecule has 1 atom stereocenters. The molecule has 0 saturated carbocycles. The summed E-state index contributed by atoms with van der Waals surface area (Å²) in [6.07, 6.45) is 1.58. The first-order valence-corrected chi connectivity index (χ1v) is 8.71. The Labute approximate surface area is 153 Å². The van der Waals surface area contributed by atoms with Gasteiger partial charge in [0, 0.05) is 6.42 Å². The Hall–Kier alpha value is -3.05. The fourth-order valence-corrected chi connectivity index (χ4v) is 3.43. The molecule has 1 aliphatic heterocycles. The third-order valence-electron chi connectivity index (χ3n) is 3.74. The number of halogens is 1. The Kier molecular flexibility index (Phi) is 5.39. The van der Waals surface area contributed by atoms with Gasteiger partial charge in [-0.1, -0.05) is 23.9 Å². The number of furan rings is 1. The highest BCUT2D eigenvalue weighted by Crippen LogP contribution is 2.36. The van der Waals surface area contributed by atoms with Crippen LogP contribution in [-0.4, -0.2) is 17.6 Å². The highest BCUT2D eigenvalue weighted by molar-refractivity contribution is 8.03. The van der Waals surface area contributed by atoms with E-state index >= 15 is 0 Å². The number of rotatable bonds is 5. The number of benzene rings is 1. The number of allylic oxidation sites excluding steroid dienone is 1. The molecule has 3 rings (SSSR count). The minimum atomic E-state index is -0.536. The van der Waals surface area contributed by atoms with E-state index in [2.05, 4.69) is 16.7 Å². The molecule has 0 bridgehead atoms. The Morgan fingerprint density at radius 1 is 1.38 bits per heavy atom. The predicted octanol–water partition coefficient (Wildman–Crippen LogP) is 3.13. The maximum Gasteiger partial charge on any atom is 0.234 e. The van der Waals surface area contributed by atoms with Gasteiger partial charge in [-0.15, -0.1) is 0 Å². The highest BCUT2D eigenvalue weighted by atomic mass is 32.2. The highest BCUT2D eigenvalue weighted by Gasteiger charge is 2.31. The fraction of sp³-hybridized carbons (Fsp3) is 0.167. The molecule has 132 valence electrons. The monoisotopic (exact) mass is 371 g/mol. The van der Waals surface area contributed by atoms with Gasteiger partial charge < -0.3 is 15.1 Å². The van der Waals surface area contributed by atoms with Crippen LogP contribution in [-0.2, 0) is 9.59 Å². The van der Waals surface area contributed by atoms with Crippen LogP contribution in [0.4, 0.5) is 10.1 Å². The summed E-state index contributed by atoms with van der Waals surface area (Å²) in [6, 6.07) is 11.3. The number of nitriles is 1. The minimum absolute atomic E-state index is 0.0775. The lowest BCUT2D eigenvalue weighted by Gasteiger charge is -2.23. The van der Waals surface area contributed by atoms with Gasteiger partial charge in [0.2, 0.25) is 11.8 Å². The number of nitrogens with one attached hydrogen (secondary N) is 2.